The molecule has 0 unspecified atom stereocenters. The maximum absolute atomic E-state index is 8.65. The summed E-state index contributed by atoms with van der Waals surface area (Å²) in [6.07, 6.45) is 0. The van der Waals surface area contributed by atoms with Crippen LogP contribution in [0.25, 0.3) is 0 Å². The van der Waals surface area contributed by atoms with E-state index in [9.17, 15) is 0 Å². The van der Waals surface area contributed by atoms with Crippen molar-refractivity contribution in [1.29, 1.82) is 10.5 Å². The van der Waals surface area contributed by atoms with Crippen LogP contribution in [0.4, 0.5) is 0 Å². The van der Waals surface area contributed by atoms with Gasteiger partial charge in [0.25, 0.3) is 0 Å². The Balaban J connectivity index is 0.000000360. The van der Waals surface area contributed by atoms with Crippen molar-refractivity contribution in [1.82, 2.24) is 0 Å². The van der Waals surface area contributed by atoms with Crippen LogP contribution in [0.5, 0.6) is 0 Å². The predicted molar refractivity (Wildman–Crippen MR) is 92.6 cm³/mol. The molecular formula is C20H24N2. The van der Waals surface area contributed by atoms with Gasteiger partial charge < -0.3 is 0 Å². The normalized spacial score (nSPS) is 8.36. The zero-order valence-electron chi connectivity index (χ0n) is 14.4. The number of hydrogen-bond acceptors (Lipinski definition) is 2. The van der Waals surface area contributed by atoms with E-state index in [1.54, 1.807) is 0 Å². The SMILES string of the molecule is CC.Cc1cccc(C)c1C#N.Cc1cccc(C)c1C#N. The molecule has 0 saturated heterocycles. The minimum Gasteiger partial charge on any atom is -0.192 e. The van der Waals surface area contributed by atoms with Gasteiger partial charge in [-0.15, -0.1) is 0 Å². The predicted octanol–water partition coefficient (Wildman–Crippen LogP) is 5.38. The molecule has 0 aromatic heterocycles. The van der Waals surface area contributed by atoms with E-state index in [0.717, 1.165) is 33.4 Å². The quantitative estimate of drug-likeness (QED) is 0.654. The summed E-state index contributed by atoms with van der Waals surface area (Å²) in [5.74, 6) is 0. The fourth-order valence-electron chi connectivity index (χ4n) is 1.98. The number of rotatable bonds is 0. The number of hydrogen-bond donors (Lipinski definition) is 0. The Morgan fingerprint density at radius 3 is 0.955 bits per heavy atom. The fraction of sp³-hybridized carbons (Fsp3) is 0.300. The third-order valence-corrected chi connectivity index (χ3v) is 3.19. The van der Waals surface area contributed by atoms with Crippen LogP contribution in [0, 0.1) is 50.4 Å². The molecule has 0 aliphatic rings. The van der Waals surface area contributed by atoms with Crippen LogP contribution >= 0.6 is 0 Å². The summed E-state index contributed by atoms with van der Waals surface area (Å²) in [4.78, 5) is 0. The Hall–Kier alpha value is -2.58. The van der Waals surface area contributed by atoms with Gasteiger partial charge in [0.05, 0.1) is 23.3 Å². The van der Waals surface area contributed by atoms with E-state index in [1.165, 1.54) is 0 Å². The lowest BCUT2D eigenvalue weighted by molar-refractivity contribution is 1.32. The van der Waals surface area contributed by atoms with E-state index in [-0.39, 0.29) is 0 Å². The van der Waals surface area contributed by atoms with Crippen LogP contribution < -0.4 is 0 Å². The summed E-state index contributed by atoms with van der Waals surface area (Å²) < 4.78 is 0. The molecule has 0 saturated carbocycles. The first-order valence-corrected chi connectivity index (χ1v) is 7.44. The molecule has 22 heavy (non-hydrogen) atoms. The highest BCUT2D eigenvalue weighted by atomic mass is 14.2. The monoisotopic (exact) mass is 292 g/mol. The van der Waals surface area contributed by atoms with E-state index >= 15 is 0 Å². The van der Waals surface area contributed by atoms with Crippen molar-refractivity contribution in [3.05, 3.63) is 69.8 Å². The van der Waals surface area contributed by atoms with Crippen LogP contribution in [0.15, 0.2) is 36.4 Å². The molecule has 114 valence electrons. The zero-order valence-corrected chi connectivity index (χ0v) is 14.4. The number of nitrogens with zero attached hydrogens (tertiary/aromatic N) is 2. The highest BCUT2D eigenvalue weighted by molar-refractivity contribution is 5.43. The number of benzene rings is 2. The molecule has 0 spiro atoms. The number of aryl methyl sites for hydroxylation is 4. The molecule has 2 aromatic rings. The Morgan fingerprint density at radius 2 is 0.818 bits per heavy atom. The highest BCUT2D eigenvalue weighted by Crippen LogP contribution is 2.11. The molecule has 0 atom stereocenters. The molecule has 2 nitrogen and oxygen atoms in total. The first-order valence-electron chi connectivity index (χ1n) is 7.44. The summed E-state index contributed by atoms with van der Waals surface area (Å²) in [6.45, 7) is 11.8. The molecule has 0 heterocycles. The summed E-state index contributed by atoms with van der Waals surface area (Å²) in [6, 6.07) is 16.1. The van der Waals surface area contributed by atoms with Crippen molar-refractivity contribution < 1.29 is 0 Å². The second-order valence-electron chi connectivity index (χ2n) is 4.76. The van der Waals surface area contributed by atoms with Gasteiger partial charge >= 0.3 is 0 Å². The summed E-state index contributed by atoms with van der Waals surface area (Å²) in [5, 5.41) is 17.3. The van der Waals surface area contributed by atoms with E-state index in [2.05, 4.69) is 12.1 Å². The van der Waals surface area contributed by atoms with Crippen LogP contribution in [0.1, 0.15) is 47.2 Å². The molecule has 2 heteroatoms. The van der Waals surface area contributed by atoms with Crippen molar-refractivity contribution in [2.45, 2.75) is 41.5 Å². The largest absolute Gasteiger partial charge is 0.192 e. The van der Waals surface area contributed by atoms with Crippen molar-refractivity contribution >= 4 is 0 Å². The van der Waals surface area contributed by atoms with Gasteiger partial charge in [0.2, 0.25) is 0 Å². The van der Waals surface area contributed by atoms with Crippen LogP contribution in [-0.4, -0.2) is 0 Å². The molecule has 0 bridgehead atoms. The lowest BCUT2D eigenvalue weighted by Crippen LogP contribution is -1.84. The Bertz CT molecular complexity index is 584. The topological polar surface area (TPSA) is 47.6 Å². The minimum absolute atomic E-state index is 0.808. The Labute approximate surface area is 134 Å². The van der Waals surface area contributed by atoms with Crippen molar-refractivity contribution in [3.63, 3.8) is 0 Å². The average molecular weight is 292 g/mol. The third kappa shape index (κ3) is 5.43. The van der Waals surface area contributed by atoms with Gasteiger partial charge in [-0.2, -0.15) is 10.5 Å². The van der Waals surface area contributed by atoms with Crippen molar-refractivity contribution in [2.75, 3.05) is 0 Å². The Morgan fingerprint density at radius 1 is 0.591 bits per heavy atom. The van der Waals surface area contributed by atoms with Gasteiger partial charge in [0.15, 0.2) is 0 Å². The number of nitriles is 2. The van der Waals surface area contributed by atoms with Gasteiger partial charge in [-0.25, -0.2) is 0 Å². The van der Waals surface area contributed by atoms with Crippen molar-refractivity contribution in [3.8, 4) is 12.1 Å². The lowest BCUT2D eigenvalue weighted by Gasteiger charge is -1.98. The molecule has 0 N–H and O–H groups in total. The fourth-order valence-corrected chi connectivity index (χ4v) is 1.98. The highest BCUT2D eigenvalue weighted by Gasteiger charge is 1.98. The standard InChI is InChI=1S/2C9H9N.C2H6/c2*1-7-4-3-5-8(2)9(7)6-10;1-2/h2*3-5H,1-2H3;1-2H3. The first-order chi connectivity index (χ1) is 10.5. The maximum atomic E-state index is 8.65. The van der Waals surface area contributed by atoms with Gasteiger partial charge in [0.1, 0.15) is 0 Å². The van der Waals surface area contributed by atoms with E-state index in [4.69, 9.17) is 10.5 Å². The molecule has 2 rings (SSSR count). The third-order valence-electron chi connectivity index (χ3n) is 3.19. The van der Waals surface area contributed by atoms with Gasteiger partial charge in [-0.1, -0.05) is 50.2 Å². The second-order valence-corrected chi connectivity index (χ2v) is 4.76. The van der Waals surface area contributed by atoms with Crippen LogP contribution in [0.3, 0.4) is 0 Å². The van der Waals surface area contributed by atoms with Gasteiger partial charge in [-0.05, 0) is 49.9 Å². The lowest BCUT2D eigenvalue weighted by atomic mass is 10.1. The van der Waals surface area contributed by atoms with E-state index in [1.807, 2.05) is 77.9 Å². The second kappa shape index (κ2) is 10.2. The van der Waals surface area contributed by atoms with Crippen LogP contribution in [-0.2, 0) is 0 Å². The van der Waals surface area contributed by atoms with Gasteiger partial charge in [0, 0.05) is 0 Å². The average Bonchev–Trinajstić information content (AvgIpc) is 2.50. The zero-order chi connectivity index (χ0) is 17.1. The summed E-state index contributed by atoms with van der Waals surface area (Å²) >= 11 is 0. The maximum Gasteiger partial charge on any atom is 0.0997 e. The van der Waals surface area contributed by atoms with E-state index < -0.39 is 0 Å². The molecular weight excluding hydrogens is 268 g/mol. The molecule has 0 fully saturated rings. The molecule has 0 aliphatic carbocycles. The van der Waals surface area contributed by atoms with Gasteiger partial charge in [-0.3, -0.25) is 0 Å². The molecule has 0 amide bonds. The summed E-state index contributed by atoms with van der Waals surface area (Å²) in [7, 11) is 0. The van der Waals surface area contributed by atoms with Crippen LogP contribution in [0.2, 0.25) is 0 Å². The first kappa shape index (κ1) is 19.4. The molecule has 2 aromatic carbocycles. The van der Waals surface area contributed by atoms with Crippen molar-refractivity contribution in [2.24, 2.45) is 0 Å². The van der Waals surface area contributed by atoms with E-state index in [0.29, 0.717) is 0 Å². The Kier molecular flexibility index (Phi) is 9.00. The molecule has 0 radical (unpaired) electrons. The smallest absolute Gasteiger partial charge is 0.0997 e. The summed E-state index contributed by atoms with van der Waals surface area (Å²) in [5.41, 5.74) is 5.85. The minimum atomic E-state index is 0.808. The molecule has 0 aliphatic heterocycles.